The van der Waals surface area contributed by atoms with E-state index in [1.54, 1.807) is 0 Å². The molecule has 0 radical (unpaired) electrons. The SMILES string of the molecule is N#CC1(c2ccccc2)CCC(c2ccnc(-c3ccccc3)c2)CC1O. The van der Waals surface area contributed by atoms with Crippen molar-refractivity contribution in [2.75, 3.05) is 0 Å². The number of hydrogen-bond acceptors (Lipinski definition) is 3. The summed E-state index contributed by atoms with van der Waals surface area (Å²) < 4.78 is 0. The number of pyridine rings is 1. The quantitative estimate of drug-likeness (QED) is 0.732. The van der Waals surface area contributed by atoms with E-state index in [9.17, 15) is 10.4 Å². The molecule has 0 saturated heterocycles. The maximum atomic E-state index is 11.0. The van der Waals surface area contributed by atoms with Crippen molar-refractivity contribution < 1.29 is 5.11 Å². The molecular weight excluding hydrogens is 332 g/mol. The standard InChI is InChI=1S/C24H22N2O/c25-17-24(21-9-5-2-6-10-21)13-11-19(16-23(24)27)20-12-14-26-22(15-20)18-7-3-1-4-8-18/h1-10,12,14-15,19,23,27H,11,13,16H2. The van der Waals surface area contributed by atoms with Gasteiger partial charge in [0, 0.05) is 11.8 Å². The molecule has 0 aliphatic heterocycles. The smallest absolute Gasteiger partial charge is 0.108 e. The van der Waals surface area contributed by atoms with E-state index in [-0.39, 0.29) is 5.92 Å². The number of nitrogens with zero attached hydrogens (tertiary/aromatic N) is 2. The third-order valence-electron chi connectivity index (χ3n) is 5.78. The first-order valence-corrected chi connectivity index (χ1v) is 9.39. The van der Waals surface area contributed by atoms with Crippen molar-refractivity contribution >= 4 is 0 Å². The number of benzene rings is 2. The predicted octanol–water partition coefficient (Wildman–Crippen LogP) is 4.84. The Morgan fingerprint density at radius 1 is 1.00 bits per heavy atom. The maximum Gasteiger partial charge on any atom is 0.108 e. The second-order valence-electron chi connectivity index (χ2n) is 7.28. The summed E-state index contributed by atoms with van der Waals surface area (Å²) in [5.74, 6) is 0.232. The summed E-state index contributed by atoms with van der Waals surface area (Å²) in [5.41, 5.74) is 3.32. The summed E-state index contributed by atoms with van der Waals surface area (Å²) in [5, 5.41) is 20.8. The van der Waals surface area contributed by atoms with Crippen LogP contribution in [0, 0.1) is 11.3 Å². The van der Waals surface area contributed by atoms with E-state index < -0.39 is 11.5 Å². The fraction of sp³-hybridized carbons (Fsp3) is 0.250. The summed E-state index contributed by atoms with van der Waals surface area (Å²) in [6.07, 6.45) is 3.27. The Kier molecular flexibility index (Phi) is 4.75. The summed E-state index contributed by atoms with van der Waals surface area (Å²) >= 11 is 0. The largest absolute Gasteiger partial charge is 0.391 e. The van der Waals surface area contributed by atoms with Crippen LogP contribution in [0.15, 0.2) is 79.0 Å². The van der Waals surface area contributed by atoms with Crippen molar-refractivity contribution in [2.45, 2.75) is 36.7 Å². The predicted molar refractivity (Wildman–Crippen MR) is 106 cm³/mol. The van der Waals surface area contributed by atoms with E-state index in [1.165, 1.54) is 5.56 Å². The maximum absolute atomic E-state index is 11.0. The Hall–Kier alpha value is -2.96. The van der Waals surface area contributed by atoms with Crippen LogP contribution in [0.4, 0.5) is 0 Å². The van der Waals surface area contributed by atoms with Crippen molar-refractivity contribution in [3.05, 3.63) is 90.1 Å². The van der Waals surface area contributed by atoms with Crippen LogP contribution in [0.3, 0.4) is 0 Å². The van der Waals surface area contributed by atoms with Crippen LogP contribution >= 0.6 is 0 Å². The Morgan fingerprint density at radius 3 is 2.37 bits per heavy atom. The molecule has 0 amide bonds. The number of nitriles is 1. The molecule has 0 bridgehead atoms. The first-order valence-electron chi connectivity index (χ1n) is 9.39. The topological polar surface area (TPSA) is 56.9 Å². The lowest BCUT2D eigenvalue weighted by molar-refractivity contribution is 0.0623. The Bertz CT molecular complexity index is 949. The van der Waals surface area contributed by atoms with Gasteiger partial charge in [0.1, 0.15) is 5.41 Å². The minimum atomic E-state index is -0.812. The Labute approximate surface area is 160 Å². The van der Waals surface area contributed by atoms with Crippen LogP contribution in [0.25, 0.3) is 11.3 Å². The highest BCUT2D eigenvalue weighted by molar-refractivity contribution is 5.59. The van der Waals surface area contributed by atoms with E-state index >= 15 is 0 Å². The Morgan fingerprint density at radius 2 is 1.70 bits per heavy atom. The molecule has 1 heterocycles. The molecule has 27 heavy (non-hydrogen) atoms. The average molecular weight is 354 g/mol. The van der Waals surface area contributed by atoms with Gasteiger partial charge in [0.05, 0.1) is 17.9 Å². The number of rotatable bonds is 3. The van der Waals surface area contributed by atoms with Crippen molar-refractivity contribution in [1.82, 2.24) is 4.98 Å². The van der Waals surface area contributed by atoms with Gasteiger partial charge in [0.25, 0.3) is 0 Å². The summed E-state index contributed by atoms with van der Waals surface area (Å²) in [7, 11) is 0. The van der Waals surface area contributed by atoms with Crippen LogP contribution in [0.2, 0.25) is 0 Å². The van der Waals surface area contributed by atoms with Gasteiger partial charge in [-0.3, -0.25) is 4.98 Å². The van der Waals surface area contributed by atoms with Crippen LogP contribution in [0.1, 0.15) is 36.3 Å². The second-order valence-corrected chi connectivity index (χ2v) is 7.28. The fourth-order valence-corrected chi connectivity index (χ4v) is 4.19. The van der Waals surface area contributed by atoms with Crippen LogP contribution in [-0.4, -0.2) is 16.2 Å². The molecule has 3 aromatic rings. The van der Waals surface area contributed by atoms with Gasteiger partial charge in [-0.2, -0.15) is 5.26 Å². The highest BCUT2D eigenvalue weighted by atomic mass is 16.3. The van der Waals surface area contributed by atoms with Gasteiger partial charge in [-0.25, -0.2) is 0 Å². The van der Waals surface area contributed by atoms with Gasteiger partial charge in [-0.05, 0) is 48.4 Å². The molecule has 1 fully saturated rings. The molecule has 1 saturated carbocycles. The third kappa shape index (κ3) is 3.25. The van der Waals surface area contributed by atoms with Crippen LogP contribution in [-0.2, 0) is 5.41 Å². The lowest BCUT2D eigenvalue weighted by atomic mass is 9.64. The number of aliphatic hydroxyl groups is 1. The summed E-state index contributed by atoms with van der Waals surface area (Å²) in [6, 6.07) is 26.4. The molecule has 3 unspecified atom stereocenters. The van der Waals surface area contributed by atoms with Gasteiger partial charge in [0.15, 0.2) is 0 Å². The molecule has 4 rings (SSSR count). The molecule has 1 aromatic heterocycles. The number of hydrogen-bond donors (Lipinski definition) is 1. The highest BCUT2D eigenvalue weighted by Gasteiger charge is 2.44. The number of aliphatic hydroxyl groups excluding tert-OH is 1. The van der Waals surface area contributed by atoms with Gasteiger partial charge in [-0.15, -0.1) is 0 Å². The molecule has 1 aliphatic carbocycles. The fourth-order valence-electron chi connectivity index (χ4n) is 4.19. The van der Waals surface area contributed by atoms with Crippen molar-refractivity contribution in [1.29, 1.82) is 5.26 Å². The molecule has 3 atom stereocenters. The zero-order valence-corrected chi connectivity index (χ0v) is 15.1. The van der Waals surface area contributed by atoms with E-state index in [1.807, 2.05) is 60.8 Å². The van der Waals surface area contributed by atoms with E-state index in [0.29, 0.717) is 12.8 Å². The van der Waals surface area contributed by atoms with Crippen molar-refractivity contribution in [3.63, 3.8) is 0 Å². The molecule has 0 spiro atoms. The first-order chi connectivity index (χ1) is 13.2. The molecule has 134 valence electrons. The van der Waals surface area contributed by atoms with E-state index in [4.69, 9.17) is 0 Å². The van der Waals surface area contributed by atoms with E-state index in [2.05, 4.69) is 29.3 Å². The molecule has 3 heteroatoms. The summed E-state index contributed by atoms with van der Waals surface area (Å²) in [6.45, 7) is 0. The van der Waals surface area contributed by atoms with Crippen LogP contribution in [0.5, 0.6) is 0 Å². The van der Waals surface area contributed by atoms with Gasteiger partial charge in [-0.1, -0.05) is 60.7 Å². The number of aromatic nitrogens is 1. The molecule has 1 aliphatic rings. The molecular formula is C24H22N2O. The second kappa shape index (κ2) is 7.34. The lowest BCUT2D eigenvalue weighted by Gasteiger charge is -2.40. The Balaban J connectivity index is 1.60. The van der Waals surface area contributed by atoms with Gasteiger partial charge >= 0.3 is 0 Å². The lowest BCUT2D eigenvalue weighted by Crippen LogP contribution is -2.43. The molecule has 3 nitrogen and oxygen atoms in total. The van der Waals surface area contributed by atoms with Gasteiger partial charge < -0.3 is 5.11 Å². The first kappa shape index (κ1) is 17.5. The summed E-state index contributed by atoms with van der Waals surface area (Å²) in [4.78, 5) is 4.50. The molecule has 2 aromatic carbocycles. The zero-order valence-electron chi connectivity index (χ0n) is 15.1. The zero-order chi connectivity index (χ0) is 18.7. The minimum Gasteiger partial charge on any atom is -0.391 e. The molecule has 1 N–H and O–H groups in total. The monoisotopic (exact) mass is 354 g/mol. The minimum absolute atomic E-state index is 0.232. The van der Waals surface area contributed by atoms with Gasteiger partial charge in [0.2, 0.25) is 0 Å². The third-order valence-corrected chi connectivity index (χ3v) is 5.78. The van der Waals surface area contributed by atoms with Crippen molar-refractivity contribution in [3.8, 4) is 17.3 Å². The highest BCUT2D eigenvalue weighted by Crippen LogP contribution is 2.45. The normalized spacial score (nSPS) is 24.9. The average Bonchev–Trinajstić information content (AvgIpc) is 2.75. The van der Waals surface area contributed by atoms with E-state index in [0.717, 1.165) is 23.2 Å². The van der Waals surface area contributed by atoms with Crippen molar-refractivity contribution in [2.24, 2.45) is 0 Å². The van der Waals surface area contributed by atoms with Crippen LogP contribution < -0.4 is 0 Å².